The molecule has 1 aromatic carbocycles. The second-order valence-electron chi connectivity index (χ2n) is 5.04. The van der Waals surface area contributed by atoms with Gasteiger partial charge in [0.2, 0.25) is 0 Å². The highest BCUT2D eigenvalue weighted by atomic mass is 35.5. The minimum Gasteiger partial charge on any atom is -0.495 e. The predicted molar refractivity (Wildman–Crippen MR) is 90.5 cm³/mol. The molecule has 0 saturated carbocycles. The summed E-state index contributed by atoms with van der Waals surface area (Å²) in [6, 6.07) is 6.88. The molecule has 7 heteroatoms. The third-order valence-electron chi connectivity index (χ3n) is 3.31. The molecule has 0 fully saturated rings. The van der Waals surface area contributed by atoms with Gasteiger partial charge in [-0.2, -0.15) is 0 Å². The number of rotatable bonds is 6. The molecule has 1 amide bonds. The van der Waals surface area contributed by atoms with E-state index in [1.165, 1.54) is 6.33 Å². The number of nitrogens with one attached hydrogen (secondary N) is 2. The summed E-state index contributed by atoms with van der Waals surface area (Å²) in [6.45, 7) is 3.94. The lowest BCUT2D eigenvalue weighted by Gasteiger charge is -2.13. The minimum absolute atomic E-state index is 0.0851. The van der Waals surface area contributed by atoms with Gasteiger partial charge in [0.25, 0.3) is 5.91 Å². The van der Waals surface area contributed by atoms with Gasteiger partial charge in [0, 0.05) is 17.1 Å². The van der Waals surface area contributed by atoms with E-state index >= 15 is 0 Å². The van der Waals surface area contributed by atoms with Crippen LogP contribution in [0, 0.1) is 0 Å². The lowest BCUT2D eigenvalue weighted by Crippen LogP contribution is -2.32. The molecular weight excluding hydrogens is 316 g/mol. The largest absolute Gasteiger partial charge is 0.495 e. The summed E-state index contributed by atoms with van der Waals surface area (Å²) >= 11 is 6.00. The molecule has 0 aliphatic heterocycles. The molecule has 1 atom stereocenters. The molecule has 0 bridgehead atoms. The van der Waals surface area contributed by atoms with Crippen molar-refractivity contribution in [1.29, 1.82) is 0 Å². The molecule has 0 saturated heterocycles. The van der Waals surface area contributed by atoms with E-state index < -0.39 is 0 Å². The molecule has 2 aromatic rings. The van der Waals surface area contributed by atoms with Gasteiger partial charge in [0.15, 0.2) is 0 Å². The molecule has 0 radical (unpaired) electrons. The number of hydrogen-bond donors (Lipinski definition) is 2. The zero-order chi connectivity index (χ0) is 16.8. The van der Waals surface area contributed by atoms with Crippen LogP contribution >= 0.6 is 11.6 Å². The van der Waals surface area contributed by atoms with E-state index in [1.54, 1.807) is 31.4 Å². The first-order valence-corrected chi connectivity index (χ1v) is 7.64. The number of benzene rings is 1. The first kappa shape index (κ1) is 17.0. The number of nitrogens with zero attached hydrogens (tertiary/aromatic N) is 2. The van der Waals surface area contributed by atoms with Crippen LogP contribution < -0.4 is 15.4 Å². The van der Waals surface area contributed by atoms with Gasteiger partial charge in [-0.3, -0.25) is 4.79 Å². The van der Waals surface area contributed by atoms with E-state index in [9.17, 15) is 4.79 Å². The fourth-order valence-corrected chi connectivity index (χ4v) is 2.04. The van der Waals surface area contributed by atoms with Crippen molar-refractivity contribution in [3.05, 3.63) is 41.3 Å². The molecule has 2 rings (SSSR count). The van der Waals surface area contributed by atoms with Crippen LogP contribution in [0.5, 0.6) is 5.75 Å². The predicted octanol–water partition coefficient (Wildman–Crippen LogP) is 3.41. The second-order valence-corrected chi connectivity index (χ2v) is 5.48. The molecule has 1 heterocycles. The Hall–Kier alpha value is -2.34. The summed E-state index contributed by atoms with van der Waals surface area (Å²) in [7, 11) is 1.57. The molecule has 122 valence electrons. The number of carbonyl (C=O) groups excluding carboxylic acids is 1. The Morgan fingerprint density at radius 3 is 2.83 bits per heavy atom. The van der Waals surface area contributed by atoms with Crippen LogP contribution in [0.4, 0.5) is 11.5 Å². The zero-order valence-electron chi connectivity index (χ0n) is 13.3. The summed E-state index contributed by atoms with van der Waals surface area (Å²) in [4.78, 5) is 20.2. The molecule has 6 nitrogen and oxygen atoms in total. The Morgan fingerprint density at radius 2 is 2.13 bits per heavy atom. The molecule has 23 heavy (non-hydrogen) atoms. The number of halogens is 1. The number of hydrogen-bond acceptors (Lipinski definition) is 5. The molecule has 0 aliphatic carbocycles. The van der Waals surface area contributed by atoms with Gasteiger partial charge in [-0.1, -0.05) is 18.5 Å². The number of carbonyl (C=O) groups is 1. The van der Waals surface area contributed by atoms with Crippen molar-refractivity contribution >= 4 is 29.0 Å². The monoisotopic (exact) mass is 334 g/mol. The van der Waals surface area contributed by atoms with Crippen LogP contribution in [0.2, 0.25) is 5.02 Å². The van der Waals surface area contributed by atoms with Crippen molar-refractivity contribution in [3.63, 3.8) is 0 Å². The van der Waals surface area contributed by atoms with Gasteiger partial charge in [-0.05, 0) is 31.5 Å². The molecule has 1 aromatic heterocycles. The number of methoxy groups -OCH3 is 1. The number of aromatic nitrogens is 2. The molecule has 2 N–H and O–H groups in total. The topological polar surface area (TPSA) is 76.1 Å². The highest BCUT2D eigenvalue weighted by Gasteiger charge is 2.12. The van der Waals surface area contributed by atoms with Crippen LogP contribution in [0.3, 0.4) is 0 Å². The Bertz CT molecular complexity index is 694. The van der Waals surface area contributed by atoms with Gasteiger partial charge in [0.05, 0.1) is 12.8 Å². The van der Waals surface area contributed by atoms with Crippen molar-refractivity contribution in [2.75, 3.05) is 12.4 Å². The van der Waals surface area contributed by atoms with Crippen LogP contribution in [0.1, 0.15) is 30.8 Å². The van der Waals surface area contributed by atoms with Gasteiger partial charge in [-0.25, -0.2) is 9.97 Å². The third kappa shape index (κ3) is 4.56. The fraction of sp³-hybridized carbons (Fsp3) is 0.312. The third-order valence-corrected chi connectivity index (χ3v) is 3.55. The average molecular weight is 335 g/mol. The fourth-order valence-electron chi connectivity index (χ4n) is 1.87. The first-order chi connectivity index (χ1) is 11.0. The minimum atomic E-state index is -0.233. The number of anilines is 2. The highest BCUT2D eigenvalue weighted by molar-refractivity contribution is 6.31. The van der Waals surface area contributed by atoms with Gasteiger partial charge in [-0.15, -0.1) is 0 Å². The van der Waals surface area contributed by atoms with Crippen molar-refractivity contribution in [2.45, 2.75) is 26.3 Å². The van der Waals surface area contributed by atoms with Crippen molar-refractivity contribution in [2.24, 2.45) is 0 Å². The van der Waals surface area contributed by atoms with E-state index in [0.29, 0.717) is 28.0 Å². The van der Waals surface area contributed by atoms with Crippen LogP contribution in [0.25, 0.3) is 0 Å². The average Bonchev–Trinajstić information content (AvgIpc) is 2.55. The van der Waals surface area contributed by atoms with Crippen molar-refractivity contribution in [3.8, 4) is 5.75 Å². The molecular formula is C16H19ClN4O2. The standard InChI is InChI=1S/C16H19ClN4O2/c1-4-10(2)20-16(22)13-8-15(19-9-18-13)21-12-7-11(17)5-6-14(12)23-3/h5-10H,4H2,1-3H3,(H,20,22)(H,18,19,21). The van der Waals surface area contributed by atoms with E-state index in [4.69, 9.17) is 16.3 Å². The zero-order valence-corrected chi connectivity index (χ0v) is 14.0. The normalized spacial score (nSPS) is 11.7. The smallest absolute Gasteiger partial charge is 0.270 e. The maximum Gasteiger partial charge on any atom is 0.270 e. The summed E-state index contributed by atoms with van der Waals surface area (Å²) in [5.41, 5.74) is 0.954. The quantitative estimate of drug-likeness (QED) is 0.846. The summed E-state index contributed by atoms with van der Waals surface area (Å²) in [5, 5.41) is 6.52. The lowest BCUT2D eigenvalue weighted by atomic mass is 10.2. The van der Waals surface area contributed by atoms with Gasteiger partial charge >= 0.3 is 0 Å². The summed E-state index contributed by atoms with van der Waals surface area (Å²) in [5.74, 6) is 0.872. The number of ether oxygens (including phenoxy) is 1. The number of amides is 1. The van der Waals surface area contributed by atoms with E-state index in [0.717, 1.165) is 6.42 Å². The maximum absolute atomic E-state index is 12.1. The Kier molecular flexibility index (Phi) is 5.76. The molecule has 0 spiro atoms. The van der Waals surface area contributed by atoms with Crippen molar-refractivity contribution in [1.82, 2.24) is 15.3 Å². The van der Waals surface area contributed by atoms with E-state index in [2.05, 4.69) is 20.6 Å². The van der Waals surface area contributed by atoms with Crippen LogP contribution in [-0.4, -0.2) is 29.0 Å². The van der Waals surface area contributed by atoms with Crippen LogP contribution in [-0.2, 0) is 0 Å². The van der Waals surface area contributed by atoms with E-state index in [-0.39, 0.29) is 11.9 Å². The van der Waals surface area contributed by atoms with Crippen molar-refractivity contribution < 1.29 is 9.53 Å². The van der Waals surface area contributed by atoms with Gasteiger partial charge in [0.1, 0.15) is 23.6 Å². The summed E-state index contributed by atoms with van der Waals surface area (Å²) in [6.07, 6.45) is 2.19. The lowest BCUT2D eigenvalue weighted by molar-refractivity contribution is 0.0934. The Morgan fingerprint density at radius 1 is 1.35 bits per heavy atom. The summed E-state index contributed by atoms with van der Waals surface area (Å²) < 4.78 is 5.27. The molecule has 1 unspecified atom stereocenters. The van der Waals surface area contributed by atoms with E-state index in [1.807, 2.05) is 13.8 Å². The Balaban J connectivity index is 2.20. The molecule has 0 aliphatic rings. The highest BCUT2D eigenvalue weighted by Crippen LogP contribution is 2.29. The second kappa shape index (κ2) is 7.78. The first-order valence-electron chi connectivity index (χ1n) is 7.27. The van der Waals surface area contributed by atoms with Gasteiger partial charge < -0.3 is 15.4 Å². The maximum atomic E-state index is 12.1. The Labute approximate surface area is 140 Å². The SMILES string of the molecule is CCC(C)NC(=O)c1cc(Nc2cc(Cl)ccc2OC)ncn1. The van der Waals surface area contributed by atoms with Crippen LogP contribution in [0.15, 0.2) is 30.6 Å².